The molecule has 1 aliphatic heterocycles. The van der Waals surface area contributed by atoms with Gasteiger partial charge in [0.25, 0.3) is 0 Å². The summed E-state index contributed by atoms with van der Waals surface area (Å²) in [6.45, 7) is 0.920. The van der Waals surface area contributed by atoms with Gasteiger partial charge in [0.15, 0.2) is 5.85 Å². The van der Waals surface area contributed by atoms with E-state index in [2.05, 4.69) is 5.32 Å². The first-order chi connectivity index (χ1) is 7.64. The van der Waals surface area contributed by atoms with Crippen LogP contribution in [-0.4, -0.2) is 49.3 Å². The maximum atomic E-state index is 11.3. The van der Waals surface area contributed by atoms with Gasteiger partial charge in [0, 0.05) is 0 Å². The molecule has 0 bridgehead atoms. The van der Waals surface area contributed by atoms with Crippen molar-refractivity contribution in [1.82, 2.24) is 5.32 Å². The summed E-state index contributed by atoms with van der Waals surface area (Å²) < 4.78 is 22.2. The first-order valence-electron chi connectivity index (χ1n) is 5.13. The molecule has 1 fully saturated rings. The van der Waals surface area contributed by atoms with Crippen molar-refractivity contribution >= 4 is 15.2 Å². The van der Waals surface area contributed by atoms with Gasteiger partial charge in [-0.15, -0.1) is 0 Å². The molecule has 6 N–H and O–H groups in total. The Morgan fingerprint density at radius 1 is 1.12 bits per heavy atom. The molecule has 3 atom stereocenters. The summed E-state index contributed by atoms with van der Waals surface area (Å²) in [4.78, 5) is 36.0. The molecule has 17 heavy (non-hydrogen) atoms. The number of hydrogen-bond acceptors (Lipinski definition) is 4. The van der Waals surface area contributed by atoms with Gasteiger partial charge in [0.1, 0.15) is 5.66 Å². The zero-order valence-corrected chi connectivity index (χ0v) is 10.8. The third-order valence-electron chi connectivity index (χ3n) is 2.86. The molecule has 0 aromatic carbocycles. The monoisotopic (exact) mass is 289 g/mol. The van der Waals surface area contributed by atoms with E-state index in [1.54, 1.807) is 0 Å². The third-order valence-corrected chi connectivity index (χ3v) is 5.58. The second-order valence-corrected chi connectivity index (χ2v) is 7.67. The van der Waals surface area contributed by atoms with Gasteiger partial charge in [-0.2, -0.15) is 0 Å². The van der Waals surface area contributed by atoms with E-state index in [0.29, 0.717) is 19.4 Å². The van der Waals surface area contributed by atoms with E-state index < -0.39 is 32.6 Å². The summed E-state index contributed by atoms with van der Waals surface area (Å²) in [6, 6.07) is 0. The van der Waals surface area contributed by atoms with Crippen LogP contribution in [0.25, 0.3) is 0 Å². The van der Waals surface area contributed by atoms with Gasteiger partial charge >= 0.3 is 15.2 Å². The first-order valence-corrected chi connectivity index (χ1v) is 8.49. The molecule has 0 radical (unpaired) electrons. The highest BCUT2D eigenvalue weighted by Gasteiger charge is 2.48. The van der Waals surface area contributed by atoms with Crippen molar-refractivity contribution < 1.29 is 33.8 Å². The van der Waals surface area contributed by atoms with Crippen molar-refractivity contribution in [2.45, 2.75) is 24.3 Å². The molecule has 1 saturated heterocycles. The lowest BCUT2D eigenvalue weighted by molar-refractivity contribution is 0.153. The topological polar surface area (TPSA) is 147 Å². The maximum Gasteiger partial charge on any atom is 0.354 e. The molecular formula is C7H17NO7P2. The SMILES string of the molecule is O=P(O)(O)C(O)C(C1CCCNC1)P(=O)(O)O. The minimum absolute atomic E-state index is 0.229. The Balaban J connectivity index is 2.95. The zero-order valence-electron chi connectivity index (χ0n) is 9.01. The van der Waals surface area contributed by atoms with Crippen molar-refractivity contribution in [3.8, 4) is 0 Å². The Hall–Kier alpha value is 0.220. The van der Waals surface area contributed by atoms with Gasteiger partial charge in [-0.1, -0.05) is 0 Å². The Morgan fingerprint density at radius 3 is 2.06 bits per heavy atom. The molecule has 1 heterocycles. The first kappa shape index (κ1) is 15.3. The molecule has 0 saturated carbocycles. The van der Waals surface area contributed by atoms with Crippen molar-refractivity contribution in [3.63, 3.8) is 0 Å². The summed E-state index contributed by atoms with van der Waals surface area (Å²) in [6.07, 6.45) is 1.06. The molecule has 0 aromatic rings. The van der Waals surface area contributed by atoms with Gasteiger partial charge in [-0.05, 0) is 31.8 Å². The number of nitrogens with one attached hydrogen (secondary N) is 1. The smallest absolute Gasteiger partial charge is 0.354 e. The fourth-order valence-electron chi connectivity index (χ4n) is 2.06. The van der Waals surface area contributed by atoms with Crippen LogP contribution in [-0.2, 0) is 9.13 Å². The average molecular weight is 289 g/mol. The minimum atomic E-state index is -4.94. The standard InChI is InChI=1S/C7H17NO7P2/c9-7(17(13,14)15)6(16(10,11)12)5-2-1-3-8-4-5/h5-9H,1-4H2,(H2,10,11,12)(H2,13,14,15). The number of hydrogen-bond donors (Lipinski definition) is 6. The summed E-state index contributed by atoms with van der Waals surface area (Å²) in [5.41, 5.74) is -1.73. The van der Waals surface area contributed by atoms with Crippen LogP contribution in [0, 0.1) is 5.92 Å². The number of aliphatic hydroxyl groups is 1. The molecule has 102 valence electrons. The summed E-state index contributed by atoms with van der Waals surface area (Å²) in [5, 5.41) is 12.3. The van der Waals surface area contributed by atoms with Gasteiger partial charge in [0.2, 0.25) is 0 Å². The van der Waals surface area contributed by atoms with Crippen LogP contribution in [0.3, 0.4) is 0 Å². The predicted octanol–water partition coefficient (Wildman–Crippen LogP) is -0.972. The Morgan fingerprint density at radius 2 is 1.71 bits per heavy atom. The van der Waals surface area contributed by atoms with Gasteiger partial charge in [-0.25, -0.2) is 0 Å². The normalized spacial score (nSPS) is 26.5. The van der Waals surface area contributed by atoms with E-state index in [4.69, 9.17) is 19.6 Å². The lowest BCUT2D eigenvalue weighted by Crippen LogP contribution is -2.42. The highest BCUT2D eigenvalue weighted by molar-refractivity contribution is 7.57. The van der Waals surface area contributed by atoms with Crippen LogP contribution in [0.2, 0.25) is 0 Å². The fourth-order valence-corrected chi connectivity index (χ4v) is 4.90. The molecule has 0 amide bonds. The highest BCUT2D eigenvalue weighted by Crippen LogP contribution is 2.56. The quantitative estimate of drug-likeness (QED) is 0.362. The summed E-state index contributed by atoms with van der Waals surface area (Å²) in [5.74, 6) is -2.97. The zero-order chi connectivity index (χ0) is 13.3. The van der Waals surface area contributed by atoms with Crippen LogP contribution < -0.4 is 5.32 Å². The van der Waals surface area contributed by atoms with E-state index in [1.807, 2.05) is 0 Å². The van der Waals surface area contributed by atoms with Crippen molar-refractivity contribution in [1.29, 1.82) is 0 Å². The van der Waals surface area contributed by atoms with Crippen LogP contribution in [0.1, 0.15) is 12.8 Å². The second kappa shape index (κ2) is 5.47. The molecule has 3 unspecified atom stereocenters. The Bertz CT molecular complexity index is 344. The lowest BCUT2D eigenvalue weighted by Gasteiger charge is -2.33. The fraction of sp³-hybridized carbons (Fsp3) is 1.00. The number of rotatable bonds is 4. The van der Waals surface area contributed by atoms with Crippen molar-refractivity contribution in [2.24, 2.45) is 5.92 Å². The van der Waals surface area contributed by atoms with E-state index in [1.165, 1.54) is 0 Å². The van der Waals surface area contributed by atoms with E-state index in [9.17, 15) is 14.2 Å². The molecule has 0 aromatic heterocycles. The van der Waals surface area contributed by atoms with Crippen LogP contribution >= 0.6 is 15.2 Å². The molecule has 0 spiro atoms. The minimum Gasteiger partial charge on any atom is -0.380 e. The largest absolute Gasteiger partial charge is 0.380 e. The lowest BCUT2D eigenvalue weighted by atomic mass is 9.96. The van der Waals surface area contributed by atoms with E-state index in [-0.39, 0.29) is 6.54 Å². The molecule has 0 aliphatic carbocycles. The molecule has 10 heteroatoms. The third kappa shape index (κ3) is 4.12. The Labute approximate surface area is 98.4 Å². The Kier molecular flexibility index (Phi) is 4.91. The van der Waals surface area contributed by atoms with Gasteiger partial charge in [-0.3, -0.25) is 9.13 Å². The molecule has 1 aliphatic rings. The van der Waals surface area contributed by atoms with Crippen molar-refractivity contribution in [2.75, 3.05) is 13.1 Å². The van der Waals surface area contributed by atoms with Crippen molar-refractivity contribution in [3.05, 3.63) is 0 Å². The van der Waals surface area contributed by atoms with Crippen LogP contribution in [0.15, 0.2) is 0 Å². The summed E-state index contributed by atoms with van der Waals surface area (Å²) in [7, 11) is -9.72. The van der Waals surface area contributed by atoms with Gasteiger partial charge < -0.3 is 30.0 Å². The van der Waals surface area contributed by atoms with Gasteiger partial charge in [0.05, 0.1) is 0 Å². The van der Waals surface area contributed by atoms with E-state index in [0.717, 1.165) is 0 Å². The molecule has 8 nitrogen and oxygen atoms in total. The second-order valence-electron chi connectivity index (χ2n) is 4.19. The highest BCUT2D eigenvalue weighted by atomic mass is 31.2. The molecule has 1 rings (SSSR count). The van der Waals surface area contributed by atoms with Crippen LogP contribution in [0.4, 0.5) is 0 Å². The maximum absolute atomic E-state index is 11.3. The van der Waals surface area contributed by atoms with E-state index >= 15 is 0 Å². The summed E-state index contributed by atoms with van der Waals surface area (Å²) >= 11 is 0. The van der Waals surface area contributed by atoms with Crippen LogP contribution in [0.5, 0.6) is 0 Å². The number of piperidine rings is 1. The predicted molar refractivity (Wildman–Crippen MR) is 59.5 cm³/mol. The average Bonchev–Trinajstić information content (AvgIpc) is 2.15. The number of aliphatic hydroxyl groups excluding tert-OH is 1. The molecular weight excluding hydrogens is 272 g/mol.